The molecule has 3 aromatic heterocycles. The lowest BCUT2D eigenvalue weighted by Crippen LogP contribution is -2.52. The van der Waals surface area contributed by atoms with Gasteiger partial charge in [0.2, 0.25) is 15.9 Å². The molecule has 0 bridgehead atoms. The van der Waals surface area contributed by atoms with Crippen LogP contribution in [0.3, 0.4) is 0 Å². The van der Waals surface area contributed by atoms with Crippen molar-refractivity contribution in [3.63, 3.8) is 0 Å². The minimum atomic E-state index is -3.93. The van der Waals surface area contributed by atoms with Crippen LogP contribution in [0.1, 0.15) is 18.5 Å². The highest BCUT2D eigenvalue weighted by atomic mass is 32.2. The largest absolute Gasteiger partial charge is 0.336 e. The van der Waals surface area contributed by atoms with Crippen LogP contribution in [-0.2, 0) is 21.9 Å². The van der Waals surface area contributed by atoms with Crippen LogP contribution in [0.25, 0.3) is 11.1 Å². The fourth-order valence-corrected chi connectivity index (χ4v) is 4.37. The van der Waals surface area contributed by atoms with Gasteiger partial charge in [0.1, 0.15) is 16.8 Å². The molecule has 27 heavy (non-hydrogen) atoms. The predicted molar refractivity (Wildman–Crippen MR) is 95.4 cm³/mol. The quantitative estimate of drug-likeness (QED) is 0.697. The second-order valence-electron chi connectivity index (χ2n) is 6.41. The standard InChI is InChI=1S/C16H18N6O4S/c1-10-12-8-11(9-17-15(12)26-19-10)27(24,25)20-13-4-3-7-22(16(13)23)14-5-6-18-21(14)2/h5-6,8-9,13,20H,3-4,7H2,1-2H3. The average molecular weight is 390 g/mol. The van der Waals surface area contributed by atoms with E-state index in [0.29, 0.717) is 36.3 Å². The van der Waals surface area contributed by atoms with E-state index in [0.717, 1.165) is 0 Å². The SMILES string of the molecule is Cc1noc2ncc(S(=O)(=O)NC3CCCN(c4ccnn4C)C3=O)cc12. The molecule has 1 amide bonds. The lowest BCUT2D eigenvalue weighted by molar-refractivity contribution is -0.121. The van der Waals surface area contributed by atoms with Crippen LogP contribution in [0, 0.1) is 6.92 Å². The van der Waals surface area contributed by atoms with Crippen LogP contribution in [0.2, 0.25) is 0 Å². The van der Waals surface area contributed by atoms with Crippen molar-refractivity contribution >= 4 is 32.8 Å². The maximum atomic E-state index is 12.8. The zero-order chi connectivity index (χ0) is 19.2. The number of nitrogens with zero attached hydrogens (tertiary/aromatic N) is 5. The average Bonchev–Trinajstić information content (AvgIpc) is 3.22. The van der Waals surface area contributed by atoms with Crippen LogP contribution in [0.15, 0.2) is 33.9 Å². The fourth-order valence-electron chi connectivity index (χ4n) is 3.17. The summed E-state index contributed by atoms with van der Waals surface area (Å²) in [5, 5.41) is 8.36. The number of aryl methyl sites for hydroxylation is 2. The molecule has 4 heterocycles. The number of piperidine rings is 1. The van der Waals surface area contributed by atoms with Gasteiger partial charge in [0.15, 0.2) is 0 Å². The van der Waals surface area contributed by atoms with Crippen molar-refractivity contribution in [2.75, 3.05) is 11.4 Å². The Bertz CT molecular complexity index is 1120. The van der Waals surface area contributed by atoms with Gasteiger partial charge in [-0.1, -0.05) is 5.16 Å². The molecule has 142 valence electrons. The summed E-state index contributed by atoms with van der Waals surface area (Å²) in [5.74, 6) is 0.329. The number of nitrogens with one attached hydrogen (secondary N) is 1. The van der Waals surface area contributed by atoms with E-state index in [4.69, 9.17) is 4.52 Å². The van der Waals surface area contributed by atoms with Crippen molar-refractivity contribution in [2.24, 2.45) is 7.05 Å². The molecular weight excluding hydrogens is 372 g/mol. The molecule has 10 nitrogen and oxygen atoms in total. The molecule has 1 fully saturated rings. The number of rotatable bonds is 4. The molecule has 1 saturated heterocycles. The molecule has 0 aromatic carbocycles. The van der Waals surface area contributed by atoms with Gasteiger partial charge >= 0.3 is 0 Å². The Morgan fingerprint density at radius 3 is 2.93 bits per heavy atom. The fraction of sp³-hybridized carbons (Fsp3) is 0.375. The van der Waals surface area contributed by atoms with E-state index in [2.05, 4.69) is 20.0 Å². The number of amides is 1. The van der Waals surface area contributed by atoms with Gasteiger partial charge in [-0.3, -0.25) is 14.4 Å². The van der Waals surface area contributed by atoms with E-state index in [1.165, 1.54) is 12.3 Å². The first kappa shape index (κ1) is 17.6. The molecular formula is C16H18N6O4S. The summed E-state index contributed by atoms with van der Waals surface area (Å²) in [5.41, 5.74) is 0.813. The molecule has 1 N–H and O–H groups in total. The van der Waals surface area contributed by atoms with Gasteiger partial charge in [-0.2, -0.15) is 9.82 Å². The molecule has 11 heteroatoms. The number of aromatic nitrogens is 4. The van der Waals surface area contributed by atoms with Gasteiger partial charge in [0, 0.05) is 19.7 Å². The maximum Gasteiger partial charge on any atom is 0.257 e. The molecule has 3 aromatic rings. The molecule has 1 aliphatic heterocycles. The Labute approximate surface area is 155 Å². The summed E-state index contributed by atoms with van der Waals surface area (Å²) >= 11 is 0. The third-order valence-electron chi connectivity index (χ3n) is 4.60. The molecule has 0 saturated carbocycles. The summed E-state index contributed by atoms with van der Waals surface area (Å²) in [4.78, 5) is 18.3. The van der Waals surface area contributed by atoms with Crippen molar-refractivity contribution in [1.29, 1.82) is 0 Å². The molecule has 1 unspecified atom stereocenters. The Morgan fingerprint density at radius 1 is 1.37 bits per heavy atom. The Balaban J connectivity index is 1.60. The van der Waals surface area contributed by atoms with Crippen molar-refractivity contribution in [3.05, 3.63) is 30.2 Å². The van der Waals surface area contributed by atoms with Crippen LogP contribution >= 0.6 is 0 Å². The third-order valence-corrected chi connectivity index (χ3v) is 6.04. The first-order valence-corrected chi connectivity index (χ1v) is 9.89. The van der Waals surface area contributed by atoms with Crippen molar-refractivity contribution in [2.45, 2.75) is 30.7 Å². The summed E-state index contributed by atoms with van der Waals surface area (Å²) in [6.45, 7) is 2.22. The Kier molecular flexibility index (Phi) is 4.19. The molecule has 1 atom stereocenters. The Hall–Kier alpha value is -2.79. The number of hydrogen-bond donors (Lipinski definition) is 1. The van der Waals surface area contributed by atoms with Crippen molar-refractivity contribution in [1.82, 2.24) is 24.6 Å². The molecule has 1 aliphatic rings. The van der Waals surface area contributed by atoms with Crippen LogP contribution in [0.4, 0.5) is 5.82 Å². The molecule has 4 rings (SSSR count). The van der Waals surface area contributed by atoms with Crippen LogP contribution in [0.5, 0.6) is 0 Å². The number of fused-ring (bicyclic) bond motifs is 1. The van der Waals surface area contributed by atoms with Gasteiger partial charge < -0.3 is 4.52 Å². The highest BCUT2D eigenvalue weighted by Gasteiger charge is 2.34. The van der Waals surface area contributed by atoms with Crippen molar-refractivity contribution < 1.29 is 17.7 Å². The second-order valence-corrected chi connectivity index (χ2v) is 8.12. The zero-order valence-electron chi connectivity index (χ0n) is 14.8. The predicted octanol–water partition coefficient (Wildman–Crippen LogP) is 0.739. The van der Waals surface area contributed by atoms with Gasteiger partial charge in [0.25, 0.3) is 5.71 Å². The molecule has 0 radical (unpaired) electrons. The van der Waals surface area contributed by atoms with E-state index in [1.807, 2.05) is 0 Å². The van der Waals surface area contributed by atoms with Gasteiger partial charge in [-0.25, -0.2) is 13.4 Å². The van der Waals surface area contributed by atoms with E-state index in [-0.39, 0.29) is 16.5 Å². The monoisotopic (exact) mass is 390 g/mol. The van der Waals surface area contributed by atoms with Crippen molar-refractivity contribution in [3.8, 4) is 0 Å². The second kappa shape index (κ2) is 6.43. The Morgan fingerprint density at radius 2 is 2.19 bits per heavy atom. The zero-order valence-corrected chi connectivity index (χ0v) is 15.6. The van der Waals surface area contributed by atoms with Crippen LogP contribution < -0.4 is 9.62 Å². The van der Waals surface area contributed by atoms with Gasteiger partial charge in [-0.15, -0.1) is 0 Å². The number of carbonyl (C=O) groups is 1. The van der Waals surface area contributed by atoms with E-state index in [1.54, 1.807) is 35.8 Å². The highest BCUT2D eigenvalue weighted by molar-refractivity contribution is 7.89. The van der Waals surface area contributed by atoms with Crippen LogP contribution in [-0.4, -0.2) is 46.8 Å². The number of carbonyl (C=O) groups excluding carboxylic acids is 1. The number of anilines is 1. The maximum absolute atomic E-state index is 12.8. The normalized spacial score (nSPS) is 18.4. The smallest absolute Gasteiger partial charge is 0.257 e. The lowest BCUT2D eigenvalue weighted by atomic mass is 10.1. The summed E-state index contributed by atoms with van der Waals surface area (Å²) in [7, 11) is -2.20. The first-order chi connectivity index (χ1) is 12.9. The van der Waals surface area contributed by atoms with E-state index >= 15 is 0 Å². The number of hydrogen-bond acceptors (Lipinski definition) is 7. The lowest BCUT2D eigenvalue weighted by Gasteiger charge is -2.32. The molecule has 0 spiro atoms. The summed E-state index contributed by atoms with van der Waals surface area (Å²) < 4.78 is 34.7. The topological polar surface area (TPSA) is 123 Å². The van der Waals surface area contributed by atoms with E-state index in [9.17, 15) is 13.2 Å². The summed E-state index contributed by atoms with van der Waals surface area (Å²) in [6.07, 6.45) is 3.89. The number of pyridine rings is 1. The molecule has 0 aliphatic carbocycles. The third kappa shape index (κ3) is 3.08. The van der Waals surface area contributed by atoms with Gasteiger partial charge in [0.05, 0.1) is 23.5 Å². The van der Waals surface area contributed by atoms with E-state index < -0.39 is 16.1 Å². The minimum absolute atomic E-state index is 0.0354. The highest BCUT2D eigenvalue weighted by Crippen LogP contribution is 2.23. The first-order valence-electron chi connectivity index (χ1n) is 8.40. The minimum Gasteiger partial charge on any atom is -0.336 e. The summed E-state index contributed by atoms with van der Waals surface area (Å²) in [6, 6.07) is 2.32. The number of sulfonamides is 1. The van der Waals surface area contributed by atoms with Gasteiger partial charge in [-0.05, 0) is 25.8 Å².